The van der Waals surface area contributed by atoms with E-state index in [0.29, 0.717) is 38.1 Å². The van der Waals surface area contributed by atoms with Gasteiger partial charge in [0.05, 0.1) is 11.9 Å². The molecule has 0 saturated carbocycles. The highest BCUT2D eigenvalue weighted by Crippen LogP contribution is 2.53. The van der Waals surface area contributed by atoms with E-state index in [1.165, 1.54) is 5.69 Å². The molecule has 3 aliphatic rings. The first-order valence-corrected chi connectivity index (χ1v) is 17.2. The fraction of sp³-hybridized carbons (Fsp3) is 0.588. The molecule has 11 heteroatoms. The molecule has 5 heterocycles. The van der Waals surface area contributed by atoms with Crippen molar-refractivity contribution in [2.45, 2.75) is 69.5 Å². The van der Waals surface area contributed by atoms with E-state index in [9.17, 15) is 14.4 Å². The Bertz CT molecular complexity index is 1600. The lowest BCUT2D eigenvalue weighted by atomic mass is 9.91. The minimum absolute atomic E-state index is 0.000853. The molecule has 3 aliphatic heterocycles. The van der Waals surface area contributed by atoms with E-state index >= 15 is 0 Å². The van der Waals surface area contributed by atoms with Gasteiger partial charge in [-0.15, -0.1) is 11.8 Å². The van der Waals surface area contributed by atoms with Gasteiger partial charge in [-0.3, -0.25) is 19.1 Å². The number of fused-ring (bicyclic) bond motifs is 1. The standard InChI is InChI=1S/C34H47N7O3S/c1-33(2,3)14-18-40-30(25-9-6-7-10-26(25)38-21-19-37(5)20-22-38)45-34(4,31(40)43)23-28(42)39-16-12-24(13-17-39)41-27-11-8-15-35-29(27)36-32(41)44/h6-11,15,24,30H,12-14,16-23H2,1-5H3,(H,35,36,44)/t30-,34-/m1/s1. The van der Waals surface area contributed by atoms with Crippen LogP contribution < -0.4 is 10.6 Å². The minimum atomic E-state index is -0.856. The summed E-state index contributed by atoms with van der Waals surface area (Å²) < 4.78 is 0.933. The Balaban J connectivity index is 1.19. The molecule has 0 unspecified atom stereocenters. The third-order valence-electron chi connectivity index (χ3n) is 9.68. The van der Waals surface area contributed by atoms with Crippen LogP contribution in [-0.4, -0.2) is 98.7 Å². The molecule has 0 aliphatic carbocycles. The van der Waals surface area contributed by atoms with Gasteiger partial charge in [0.2, 0.25) is 11.8 Å². The van der Waals surface area contributed by atoms with Crippen LogP contribution in [0.15, 0.2) is 47.4 Å². The van der Waals surface area contributed by atoms with Crippen LogP contribution in [0.1, 0.15) is 70.4 Å². The molecule has 0 spiro atoms. The van der Waals surface area contributed by atoms with Crippen LogP contribution in [0.3, 0.4) is 0 Å². The summed E-state index contributed by atoms with van der Waals surface area (Å²) in [6.45, 7) is 14.3. The first kappa shape index (κ1) is 31.7. The summed E-state index contributed by atoms with van der Waals surface area (Å²) in [5, 5.41) is -0.151. The van der Waals surface area contributed by atoms with Gasteiger partial charge >= 0.3 is 5.69 Å². The smallest absolute Gasteiger partial charge is 0.327 e. The van der Waals surface area contributed by atoms with Gasteiger partial charge in [0, 0.05) is 69.3 Å². The summed E-state index contributed by atoms with van der Waals surface area (Å²) in [6.07, 6.45) is 4.09. The zero-order chi connectivity index (χ0) is 31.9. The SMILES string of the molecule is CN1CCN(c2ccccc2[C@H]2S[C@](C)(CC(=O)N3CCC(n4c(=O)[nH]c5ncccc54)CC3)C(=O)N2CCC(C)(C)C)CC1. The minimum Gasteiger partial charge on any atom is -0.369 e. The number of aromatic amines is 1. The van der Waals surface area contributed by atoms with Gasteiger partial charge in [0.1, 0.15) is 10.1 Å². The number of carbonyl (C=O) groups excluding carboxylic acids is 2. The van der Waals surface area contributed by atoms with Crippen molar-refractivity contribution < 1.29 is 9.59 Å². The molecule has 1 N–H and O–H groups in total. The molecule has 45 heavy (non-hydrogen) atoms. The third-order valence-corrected chi connectivity index (χ3v) is 11.2. The number of carbonyl (C=O) groups is 2. The average molecular weight is 634 g/mol. The van der Waals surface area contributed by atoms with E-state index in [1.807, 2.05) is 28.9 Å². The molecular weight excluding hydrogens is 586 g/mol. The molecule has 6 rings (SSSR count). The Morgan fingerprint density at radius 3 is 2.44 bits per heavy atom. The van der Waals surface area contributed by atoms with Crippen molar-refractivity contribution in [3.05, 3.63) is 58.6 Å². The quantitative estimate of drug-likeness (QED) is 0.409. The van der Waals surface area contributed by atoms with E-state index < -0.39 is 4.75 Å². The van der Waals surface area contributed by atoms with E-state index in [-0.39, 0.29) is 40.8 Å². The second-order valence-electron chi connectivity index (χ2n) is 14.3. The molecule has 0 bridgehead atoms. The highest BCUT2D eigenvalue weighted by Gasteiger charge is 2.52. The van der Waals surface area contributed by atoms with Gasteiger partial charge in [-0.25, -0.2) is 9.78 Å². The fourth-order valence-electron chi connectivity index (χ4n) is 6.92. The normalized spacial score (nSPS) is 23.8. The predicted molar refractivity (Wildman–Crippen MR) is 180 cm³/mol. The van der Waals surface area contributed by atoms with Crippen molar-refractivity contribution in [1.82, 2.24) is 29.2 Å². The van der Waals surface area contributed by atoms with Crippen molar-refractivity contribution in [3.8, 4) is 0 Å². The molecule has 10 nitrogen and oxygen atoms in total. The van der Waals surface area contributed by atoms with Crippen LogP contribution in [0.5, 0.6) is 0 Å². The van der Waals surface area contributed by atoms with E-state index in [0.717, 1.165) is 43.7 Å². The van der Waals surface area contributed by atoms with Crippen molar-refractivity contribution in [3.63, 3.8) is 0 Å². The van der Waals surface area contributed by atoms with Gasteiger partial charge in [0.15, 0.2) is 5.65 Å². The van der Waals surface area contributed by atoms with Crippen molar-refractivity contribution in [1.29, 1.82) is 0 Å². The number of piperazine rings is 1. The largest absolute Gasteiger partial charge is 0.369 e. The summed E-state index contributed by atoms with van der Waals surface area (Å²) in [4.78, 5) is 56.7. The lowest BCUT2D eigenvalue weighted by Gasteiger charge is -2.37. The summed E-state index contributed by atoms with van der Waals surface area (Å²) in [6, 6.07) is 12.3. The number of anilines is 1. The molecule has 2 aromatic heterocycles. The zero-order valence-electron chi connectivity index (χ0n) is 27.3. The van der Waals surface area contributed by atoms with Gasteiger partial charge in [-0.05, 0) is 56.8 Å². The van der Waals surface area contributed by atoms with E-state index in [1.54, 1.807) is 22.5 Å². The van der Waals surface area contributed by atoms with Gasteiger partial charge in [0.25, 0.3) is 0 Å². The number of thioether (sulfide) groups is 1. The number of H-pyrrole nitrogens is 1. The Morgan fingerprint density at radius 2 is 1.73 bits per heavy atom. The van der Waals surface area contributed by atoms with Crippen LogP contribution in [0.2, 0.25) is 0 Å². The fourth-order valence-corrected chi connectivity index (χ4v) is 8.49. The van der Waals surface area contributed by atoms with Crippen LogP contribution >= 0.6 is 11.8 Å². The summed E-state index contributed by atoms with van der Waals surface area (Å²) in [5.41, 5.74) is 3.65. The van der Waals surface area contributed by atoms with Crippen LogP contribution in [0.25, 0.3) is 11.2 Å². The zero-order valence-corrected chi connectivity index (χ0v) is 28.1. The maximum atomic E-state index is 14.3. The Morgan fingerprint density at radius 1 is 1.02 bits per heavy atom. The number of hydrogen-bond donors (Lipinski definition) is 1. The van der Waals surface area contributed by atoms with Gasteiger partial charge in [-0.1, -0.05) is 39.0 Å². The number of hydrogen-bond acceptors (Lipinski definition) is 7. The number of nitrogens with one attached hydrogen (secondary N) is 1. The number of pyridine rings is 1. The molecular formula is C34H47N7O3S. The summed E-state index contributed by atoms with van der Waals surface area (Å²) >= 11 is 1.64. The number of imidazole rings is 1. The lowest BCUT2D eigenvalue weighted by Crippen LogP contribution is -2.46. The monoisotopic (exact) mass is 633 g/mol. The van der Waals surface area contributed by atoms with Crippen molar-refractivity contribution in [2.75, 3.05) is 57.8 Å². The maximum absolute atomic E-state index is 14.3. The Kier molecular flexibility index (Phi) is 8.78. The molecule has 1 aromatic carbocycles. The highest BCUT2D eigenvalue weighted by molar-refractivity contribution is 8.02. The number of rotatable bonds is 7. The second-order valence-corrected chi connectivity index (χ2v) is 15.9. The van der Waals surface area contributed by atoms with Crippen LogP contribution in [0, 0.1) is 5.41 Å². The molecule has 0 radical (unpaired) electrons. The summed E-state index contributed by atoms with van der Waals surface area (Å²) in [5.74, 6) is 0.0597. The number of benzene rings is 1. The van der Waals surface area contributed by atoms with Crippen LogP contribution in [0.4, 0.5) is 5.69 Å². The number of amides is 2. The van der Waals surface area contributed by atoms with Crippen LogP contribution in [-0.2, 0) is 9.59 Å². The van der Waals surface area contributed by atoms with E-state index in [4.69, 9.17) is 0 Å². The Hall–Kier alpha value is -3.31. The molecule has 3 saturated heterocycles. The first-order chi connectivity index (χ1) is 21.4. The molecule has 3 fully saturated rings. The number of piperidine rings is 1. The lowest BCUT2D eigenvalue weighted by molar-refractivity contribution is -0.139. The number of nitrogens with zero attached hydrogens (tertiary/aromatic N) is 6. The average Bonchev–Trinajstić information content (AvgIpc) is 3.48. The topological polar surface area (TPSA) is 97.8 Å². The van der Waals surface area contributed by atoms with Crippen molar-refractivity contribution in [2.24, 2.45) is 5.41 Å². The van der Waals surface area contributed by atoms with Gasteiger partial charge in [-0.2, -0.15) is 0 Å². The van der Waals surface area contributed by atoms with E-state index in [2.05, 4.69) is 71.9 Å². The highest BCUT2D eigenvalue weighted by atomic mass is 32.2. The number of likely N-dealkylation sites (tertiary alicyclic amines) is 1. The predicted octanol–water partition coefficient (Wildman–Crippen LogP) is 4.50. The maximum Gasteiger partial charge on any atom is 0.327 e. The van der Waals surface area contributed by atoms with Gasteiger partial charge < -0.3 is 19.6 Å². The second kappa shape index (κ2) is 12.5. The molecule has 242 valence electrons. The van der Waals surface area contributed by atoms with Crippen molar-refractivity contribution >= 4 is 40.4 Å². The molecule has 2 atom stereocenters. The molecule has 2 amide bonds. The number of aromatic nitrogens is 3. The third kappa shape index (κ3) is 6.52. The molecule has 3 aromatic rings. The number of para-hydroxylation sites is 1. The Labute approximate surface area is 270 Å². The number of likely N-dealkylation sites (N-methyl/N-ethyl adjacent to an activating group) is 1. The first-order valence-electron chi connectivity index (χ1n) is 16.3. The summed E-state index contributed by atoms with van der Waals surface area (Å²) in [7, 11) is 2.16.